The summed E-state index contributed by atoms with van der Waals surface area (Å²) in [5.41, 5.74) is 2.06. The number of sulfonamides is 1. The molecule has 33 heavy (non-hydrogen) atoms. The fraction of sp³-hybridized carbons (Fsp3) is 0.208. The van der Waals surface area contributed by atoms with Crippen LogP contribution in [0.1, 0.15) is 34.5 Å². The van der Waals surface area contributed by atoms with E-state index in [1.54, 1.807) is 57.4 Å². The van der Waals surface area contributed by atoms with E-state index in [0.29, 0.717) is 22.7 Å². The first-order valence-corrected chi connectivity index (χ1v) is 11.9. The van der Waals surface area contributed by atoms with Crippen LogP contribution in [-0.2, 0) is 10.0 Å². The van der Waals surface area contributed by atoms with Gasteiger partial charge < -0.3 is 14.8 Å². The molecule has 0 radical (unpaired) electrons. The van der Waals surface area contributed by atoms with Crippen molar-refractivity contribution in [3.63, 3.8) is 0 Å². The van der Waals surface area contributed by atoms with E-state index in [1.165, 1.54) is 25.3 Å². The van der Waals surface area contributed by atoms with Crippen LogP contribution in [0.15, 0.2) is 65.6 Å². The van der Waals surface area contributed by atoms with Crippen LogP contribution in [0, 0.1) is 6.92 Å². The Hall–Kier alpha value is -3.23. The van der Waals surface area contributed by atoms with Gasteiger partial charge in [-0.05, 0) is 61.9 Å². The molecule has 0 fully saturated rings. The highest BCUT2D eigenvalue weighted by atomic mass is 35.5. The number of amides is 1. The van der Waals surface area contributed by atoms with Gasteiger partial charge in [0.05, 0.1) is 31.0 Å². The van der Waals surface area contributed by atoms with Crippen molar-refractivity contribution >= 4 is 33.2 Å². The molecule has 0 spiro atoms. The second-order valence-electron chi connectivity index (χ2n) is 7.37. The number of methoxy groups -OCH3 is 2. The van der Waals surface area contributed by atoms with Gasteiger partial charge >= 0.3 is 0 Å². The van der Waals surface area contributed by atoms with Gasteiger partial charge in [-0.3, -0.25) is 9.52 Å². The van der Waals surface area contributed by atoms with Crippen LogP contribution in [0.2, 0.25) is 5.02 Å². The van der Waals surface area contributed by atoms with E-state index in [1.807, 2.05) is 6.07 Å². The summed E-state index contributed by atoms with van der Waals surface area (Å²) < 4.78 is 39.2. The molecule has 7 nitrogen and oxygen atoms in total. The minimum atomic E-state index is -4.02. The Balaban J connectivity index is 1.87. The van der Waals surface area contributed by atoms with E-state index in [9.17, 15) is 13.2 Å². The van der Waals surface area contributed by atoms with E-state index < -0.39 is 22.0 Å². The van der Waals surface area contributed by atoms with Crippen LogP contribution in [-0.4, -0.2) is 28.5 Å². The molecular formula is C24H25ClN2O5S. The smallest absolute Gasteiger partial charge is 0.263 e. The van der Waals surface area contributed by atoms with Crippen LogP contribution in [0.4, 0.5) is 5.69 Å². The Morgan fingerprint density at radius 3 is 2.39 bits per heavy atom. The standard InChI is InChI=1S/C24H25ClN2O5S/c1-15-7-5-6-8-21(15)27-33(29,30)23-13-17(9-11-20(23)25)24(28)26-16(2)19-14-18(31-3)10-12-22(19)32-4/h5-14,16,27H,1-4H3,(H,26,28). The lowest BCUT2D eigenvalue weighted by Gasteiger charge is -2.19. The van der Waals surface area contributed by atoms with Crippen molar-refractivity contribution in [3.8, 4) is 11.5 Å². The molecule has 2 N–H and O–H groups in total. The maximum absolute atomic E-state index is 13.0. The number of carbonyl (C=O) groups excluding carboxylic acids is 1. The average molecular weight is 489 g/mol. The molecule has 1 atom stereocenters. The lowest BCUT2D eigenvalue weighted by molar-refractivity contribution is 0.0939. The minimum Gasteiger partial charge on any atom is -0.497 e. The lowest BCUT2D eigenvalue weighted by atomic mass is 10.1. The third-order valence-corrected chi connectivity index (χ3v) is 6.97. The summed E-state index contributed by atoms with van der Waals surface area (Å²) in [5.74, 6) is 0.746. The summed E-state index contributed by atoms with van der Waals surface area (Å²) in [4.78, 5) is 12.8. The number of hydrogen-bond acceptors (Lipinski definition) is 5. The Labute approximate surface area is 198 Å². The fourth-order valence-electron chi connectivity index (χ4n) is 3.27. The van der Waals surface area contributed by atoms with Gasteiger partial charge in [-0.1, -0.05) is 29.8 Å². The quantitative estimate of drug-likeness (QED) is 0.467. The predicted molar refractivity (Wildman–Crippen MR) is 129 cm³/mol. The third-order valence-electron chi connectivity index (χ3n) is 5.12. The van der Waals surface area contributed by atoms with E-state index >= 15 is 0 Å². The van der Waals surface area contributed by atoms with Crippen molar-refractivity contribution in [2.24, 2.45) is 0 Å². The second-order valence-corrected chi connectivity index (χ2v) is 9.43. The average Bonchev–Trinajstić information content (AvgIpc) is 2.80. The number of hydrogen-bond donors (Lipinski definition) is 2. The first-order chi connectivity index (χ1) is 15.7. The molecule has 3 aromatic carbocycles. The summed E-state index contributed by atoms with van der Waals surface area (Å²) in [7, 11) is -0.931. The summed E-state index contributed by atoms with van der Waals surface area (Å²) in [5, 5.41) is 2.87. The van der Waals surface area contributed by atoms with E-state index in [2.05, 4.69) is 10.0 Å². The number of benzene rings is 3. The maximum Gasteiger partial charge on any atom is 0.263 e. The summed E-state index contributed by atoms with van der Waals surface area (Å²) in [6.07, 6.45) is 0. The molecule has 0 saturated carbocycles. The maximum atomic E-state index is 13.0. The number of aryl methyl sites for hydroxylation is 1. The number of rotatable bonds is 8. The Morgan fingerprint density at radius 1 is 1.00 bits per heavy atom. The van der Waals surface area contributed by atoms with Gasteiger partial charge in [0.25, 0.3) is 15.9 Å². The zero-order chi connectivity index (χ0) is 24.2. The molecular weight excluding hydrogens is 464 g/mol. The number of halogens is 1. The number of anilines is 1. The lowest BCUT2D eigenvalue weighted by Crippen LogP contribution is -2.27. The van der Waals surface area contributed by atoms with Gasteiger partial charge in [0.15, 0.2) is 0 Å². The van der Waals surface area contributed by atoms with Gasteiger partial charge in [0.2, 0.25) is 0 Å². The monoisotopic (exact) mass is 488 g/mol. The minimum absolute atomic E-state index is 0.00940. The summed E-state index contributed by atoms with van der Waals surface area (Å²) in [6, 6.07) is 15.9. The number of para-hydroxylation sites is 1. The molecule has 0 aliphatic carbocycles. The van der Waals surface area contributed by atoms with Gasteiger partial charge in [-0.25, -0.2) is 8.42 Å². The van der Waals surface area contributed by atoms with Gasteiger partial charge in [-0.2, -0.15) is 0 Å². The van der Waals surface area contributed by atoms with Gasteiger partial charge in [-0.15, -0.1) is 0 Å². The fourth-order valence-corrected chi connectivity index (χ4v) is 4.93. The van der Waals surface area contributed by atoms with Crippen molar-refractivity contribution in [2.75, 3.05) is 18.9 Å². The van der Waals surface area contributed by atoms with Crippen LogP contribution in [0.5, 0.6) is 11.5 Å². The molecule has 0 heterocycles. The molecule has 3 aromatic rings. The first kappa shape index (κ1) is 24.4. The zero-order valence-corrected chi connectivity index (χ0v) is 20.3. The zero-order valence-electron chi connectivity index (χ0n) is 18.7. The molecule has 0 aromatic heterocycles. The number of carbonyl (C=O) groups is 1. The van der Waals surface area contributed by atoms with Crippen molar-refractivity contribution in [2.45, 2.75) is 24.8 Å². The highest BCUT2D eigenvalue weighted by Crippen LogP contribution is 2.30. The van der Waals surface area contributed by atoms with Crippen LogP contribution >= 0.6 is 11.6 Å². The summed E-state index contributed by atoms with van der Waals surface area (Å²) in [6.45, 7) is 3.58. The first-order valence-electron chi connectivity index (χ1n) is 10.1. The largest absolute Gasteiger partial charge is 0.497 e. The van der Waals surface area contributed by atoms with E-state index in [-0.39, 0.29) is 15.5 Å². The molecule has 0 saturated heterocycles. The Kier molecular flexibility index (Phi) is 7.50. The van der Waals surface area contributed by atoms with Gasteiger partial charge in [0, 0.05) is 11.1 Å². The van der Waals surface area contributed by atoms with Crippen molar-refractivity contribution in [1.82, 2.24) is 5.32 Å². The van der Waals surface area contributed by atoms with Crippen molar-refractivity contribution in [3.05, 3.63) is 82.4 Å². The molecule has 0 aliphatic rings. The third kappa shape index (κ3) is 5.58. The SMILES string of the molecule is COc1ccc(OC)c(C(C)NC(=O)c2ccc(Cl)c(S(=O)(=O)Nc3ccccc3C)c2)c1. The van der Waals surface area contributed by atoms with Crippen molar-refractivity contribution in [1.29, 1.82) is 0 Å². The van der Waals surface area contributed by atoms with Gasteiger partial charge in [0.1, 0.15) is 16.4 Å². The number of nitrogens with one attached hydrogen (secondary N) is 2. The predicted octanol–water partition coefficient (Wildman–Crippen LogP) is 4.96. The molecule has 0 bridgehead atoms. The van der Waals surface area contributed by atoms with Crippen LogP contribution in [0.25, 0.3) is 0 Å². The topological polar surface area (TPSA) is 93.7 Å². The molecule has 9 heteroatoms. The molecule has 1 amide bonds. The number of ether oxygens (including phenoxy) is 2. The Bertz CT molecular complexity index is 1280. The van der Waals surface area contributed by atoms with E-state index in [4.69, 9.17) is 21.1 Å². The highest BCUT2D eigenvalue weighted by Gasteiger charge is 2.22. The highest BCUT2D eigenvalue weighted by molar-refractivity contribution is 7.92. The van der Waals surface area contributed by atoms with E-state index in [0.717, 1.165) is 5.56 Å². The molecule has 3 rings (SSSR count). The molecule has 174 valence electrons. The molecule has 1 unspecified atom stereocenters. The summed E-state index contributed by atoms with van der Waals surface area (Å²) >= 11 is 6.18. The van der Waals surface area contributed by atoms with Crippen LogP contribution < -0.4 is 19.5 Å². The Morgan fingerprint density at radius 2 is 1.73 bits per heavy atom. The normalized spacial score (nSPS) is 12.0. The second kappa shape index (κ2) is 10.1. The van der Waals surface area contributed by atoms with Crippen molar-refractivity contribution < 1.29 is 22.7 Å². The van der Waals surface area contributed by atoms with Crippen LogP contribution in [0.3, 0.4) is 0 Å². The molecule has 0 aliphatic heterocycles.